The van der Waals surface area contributed by atoms with E-state index in [-0.39, 0.29) is 5.91 Å². The number of nitrogens with zero attached hydrogens (tertiary/aromatic N) is 2. The van der Waals surface area contributed by atoms with Gasteiger partial charge in [0.2, 0.25) is 0 Å². The lowest BCUT2D eigenvalue weighted by Gasteiger charge is -2.17. The fourth-order valence-corrected chi connectivity index (χ4v) is 1.87. The van der Waals surface area contributed by atoms with Gasteiger partial charge in [-0.3, -0.25) is 4.79 Å². The topological polar surface area (TPSA) is 56.1 Å². The summed E-state index contributed by atoms with van der Waals surface area (Å²) in [5.41, 5.74) is 2.80. The zero-order valence-electron chi connectivity index (χ0n) is 11.4. The number of hydrogen-bond acceptors (Lipinski definition) is 3. The predicted molar refractivity (Wildman–Crippen MR) is 79.9 cm³/mol. The number of nitriles is 1. The van der Waals surface area contributed by atoms with Gasteiger partial charge in [0.15, 0.2) is 0 Å². The first-order valence-corrected chi connectivity index (χ1v) is 6.21. The third-order valence-electron chi connectivity index (χ3n) is 3.09. The molecule has 0 bridgehead atoms. The van der Waals surface area contributed by atoms with E-state index in [0.29, 0.717) is 16.8 Å². The van der Waals surface area contributed by atoms with Crippen molar-refractivity contribution in [3.63, 3.8) is 0 Å². The van der Waals surface area contributed by atoms with Crippen molar-refractivity contribution in [1.82, 2.24) is 0 Å². The third kappa shape index (κ3) is 2.78. The van der Waals surface area contributed by atoms with Crippen LogP contribution >= 0.6 is 0 Å². The minimum absolute atomic E-state index is 0.109. The number of nitrogens with one attached hydrogen (secondary N) is 1. The molecular formula is C16H15N3O. The quantitative estimate of drug-likeness (QED) is 0.928. The van der Waals surface area contributed by atoms with Gasteiger partial charge < -0.3 is 10.2 Å². The SMILES string of the molecule is CNc1ccc(C(=O)N(C)c2cccc(C#N)c2)cc1. The van der Waals surface area contributed by atoms with Crippen LogP contribution in [-0.4, -0.2) is 20.0 Å². The molecule has 20 heavy (non-hydrogen) atoms. The Morgan fingerprint density at radius 3 is 2.50 bits per heavy atom. The highest BCUT2D eigenvalue weighted by Gasteiger charge is 2.13. The van der Waals surface area contributed by atoms with Crippen LogP contribution in [0.15, 0.2) is 48.5 Å². The average Bonchev–Trinajstić information content (AvgIpc) is 2.53. The number of anilines is 2. The molecule has 0 radical (unpaired) electrons. The Hall–Kier alpha value is -2.80. The summed E-state index contributed by atoms with van der Waals surface area (Å²) in [6, 6.07) is 16.3. The monoisotopic (exact) mass is 265 g/mol. The minimum Gasteiger partial charge on any atom is -0.388 e. The number of carbonyl (C=O) groups is 1. The maximum Gasteiger partial charge on any atom is 0.258 e. The number of carbonyl (C=O) groups excluding carboxylic acids is 1. The Morgan fingerprint density at radius 1 is 1.20 bits per heavy atom. The standard InChI is InChI=1S/C16H15N3O/c1-18-14-8-6-13(7-9-14)16(20)19(2)15-5-3-4-12(10-15)11-17/h3-10,18H,1-2H3. The molecule has 0 saturated carbocycles. The summed E-state index contributed by atoms with van der Waals surface area (Å²) in [6.07, 6.45) is 0. The van der Waals surface area contributed by atoms with Crippen LogP contribution < -0.4 is 10.2 Å². The Kier molecular flexibility index (Phi) is 4.02. The lowest BCUT2D eigenvalue weighted by atomic mass is 10.1. The van der Waals surface area contributed by atoms with E-state index >= 15 is 0 Å². The van der Waals surface area contributed by atoms with Gasteiger partial charge in [-0.25, -0.2) is 0 Å². The van der Waals surface area contributed by atoms with Crippen molar-refractivity contribution in [3.05, 3.63) is 59.7 Å². The molecule has 0 aliphatic heterocycles. The van der Waals surface area contributed by atoms with Crippen LogP contribution in [0.25, 0.3) is 0 Å². The normalized spacial score (nSPS) is 9.65. The van der Waals surface area contributed by atoms with Crippen LogP contribution in [0.1, 0.15) is 15.9 Å². The highest BCUT2D eigenvalue weighted by Crippen LogP contribution is 2.18. The Balaban J connectivity index is 2.25. The molecule has 0 spiro atoms. The molecule has 4 nitrogen and oxygen atoms in total. The fraction of sp³-hybridized carbons (Fsp3) is 0.125. The molecule has 4 heteroatoms. The van der Waals surface area contributed by atoms with Crippen molar-refractivity contribution in [2.45, 2.75) is 0 Å². The molecule has 0 aliphatic carbocycles. The molecular weight excluding hydrogens is 250 g/mol. The number of hydrogen-bond donors (Lipinski definition) is 1. The summed E-state index contributed by atoms with van der Waals surface area (Å²) >= 11 is 0. The molecule has 0 atom stereocenters. The molecule has 0 unspecified atom stereocenters. The first-order valence-electron chi connectivity index (χ1n) is 6.21. The van der Waals surface area contributed by atoms with Crippen LogP contribution in [0.4, 0.5) is 11.4 Å². The Labute approximate surface area is 118 Å². The van der Waals surface area contributed by atoms with Gasteiger partial charge in [-0.2, -0.15) is 5.26 Å². The van der Waals surface area contributed by atoms with E-state index in [2.05, 4.69) is 11.4 Å². The summed E-state index contributed by atoms with van der Waals surface area (Å²) in [7, 11) is 3.53. The van der Waals surface area contributed by atoms with E-state index in [1.807, 2.05) is 19.2 Å². The summed E-state index contributed by atoms with van der Waals surface area (Å²) in [6.45, 7) is 0. The van der Waals surface area contributed by atoms with Gasteiger partial charge in [0, 0.05) is 31.0 Å². The van der Waals surface area contributed by atoms with E-state index < -0.39 is 0 Å². The van der Waals surface area contributed by atoms with Gasteiger partial charge in [-0.05, 0) is 42.5 Å². The summed E-state index contributed by atoms with van der Waals surface area (Å²) < 4.78 is 0. The summed E-state index contributed by atoms with van der Waals surface area (Å²) in [5, 5.41) is 11.9. The minimum atomic E-state index is -0.109. The highest BCUT2D eigenvalue weighted by atomic mass is 16.2. The number of benzene rings is 2. The van der Waals surface area contributed by atoms with Crippen molar-refractivity contribution in [2.24, 2.45) is 0 Å². The molecule has 100 valence electrons. The third-order valence-corrected chi connectivity index (χ3v) is 3.09. The summed E-state index contributed by atoms with van der Waals surface area (Å²) in [4.78, 5) is 13.9. The predicted octanol–water partition coefficient (Wildman–Crippen LogP) is 2.88. The van der Waals surface area contributed by atoms with E-state index in [0.717, 1.165) is 5.69 Å². The molecule has 2 rings (SSSR count). The summed E-state index contributed by atoms with van der Waals surface area (Å²) in [5.74, 6) is -0.109. The molecule has 1 N–H and O–H groups in total. The van der Waals surface area contributed by atoms with E-state index in [9.17, 15) is 4.79 Å². The van der Waals surface area contributed by atoms with Gasteiger partial charge in [0.1, 0.15) is 0 Å². The maximum absolute atomic E-state index is 12.4. The zero-order chi connectivity index (χ0) is 14.5. The fourth-order valence-electron chi connectivity index (χ4n) is 1.87. The van der Waals surface area contributed by atoms with E-state index in [4.69, 9.17) is 5.26 Å². The van der Waals surface area contributed by atoms with Crippen LogP contribution in [-0.2, 0) is 0 Å². The van der Waals surface area contributed by atoms with Gasteiger partial charge >= 0.3 is 0 Å². The largest absolute Gasteiger partial charge is 0.388 e. The molecule has 0 aromatic heterocycles. The van der Waals surface area contributed by atoms with Gasteiger partial charge in [-0.1, -0.05) is 6.07 Å². The highest BCUT2D eigenvalue weighted by molar-refractivity contribution is 6.05. The van der Waals surface area contributed by atoms with E-state index in [1.54, 1.807) is 43.4 Å². The first-order chi connectivity index (χ1) is 9.65. The van der Waals surface area contributed by atoms with Crippen LogP contribution in [0, 0.1) is 11.3 Å². The molecule has 2 aromatic carbocycles. The average molecular weight is 265 g/mol. The second-order valence-corrected chi connectivity index (χ2v) is 4.35. The molecule has 0 saturated heterocycles. The maximum atomic E-state index is 12.4. The molecule has 1 amide bonds. The zero-order valence-corrected chi connectivity index (χ0v) is 11.4. The smallest absolute Gasteiger partial charge is 0.258 e. The van der Waals surface area contributed by atoms with E-state index in [1.165, 1.54) is 4.90 Å². The second kappa shape index (κ2) is 5.89. The van der Waals surface area contributed by atoms with Crippen molar-refractivity contribution < 1.29 is 4.79 Å². The number of rotatable bonds is 3. The van der Waals surface area contributed by atoms with Crippen LogP contribution in [0.3, 0.4) is 0 Å². The number of amides is 1. The van der Waals surface area contributed by atoms with Crippen molar-refractivity contribution in [1.29, 1.82) is 5.26 Å². The molecule has 2 aromatic rings. The van der Waals surface area contributed by atoms with Gasteiger partial charge in [-0.15, -0.1) is 0 Å². The Bertz CT molecular complexity index is 656. The van der Waals surface area contributed by atoms with Gasteiger partial charge in [0.25, 0.3) is 5.91 Å². The Morgan fingerprint density at radius 2 is 1.90 bits per heavy atom. The lowest BCUT2D eigenvalue weighted by molar-refractivity contribution is 0.0993. The van der Waals surface area contributed by atoms with Crippen LogP contribution in [0.2, 0.25) is 0 Å². The van der Waals surface area contributed by atoms with Crippen LogP contribution in [0.5, 0.6) is 0 Å². The molecule has 0 aliphatic rings. The lowest BCUT2D eigenvalue weighted by Crippen LogP contribution is -2.26. The van der Waals surface area contributed by atoms with Gasteiger partial charge in [0.05, 0.1) is 11.6 Å². The second-order valence-electron chi connectivity index (χ2n) is 4.35. The van der Waals surface area contributed by atoms with Crippen molar-refractivity contribution in [3.8, 4) is 6.07 Å². The van der Waals surface area contributed by atoms with Crippen molar-refractivity contribution >= 4 is 17.3 Å². The van der Waals surface area contributed by atoms with Crippen molar-refractivity contribution in [2.75, 3.05) is 24.3 Å². The molecule has 0 heterocycles. The molecule has 0 fully saturated rings. The first kappa shape index (κ1) is 13.6.